The van der Waals surface area contributed by atoms with Crippen molar-refractivity contribution in [1.29, 1.82) is 5.26 Å². The second kappa shape index (κ2) is 12.4. The second-order valence-electron chi connectivity index (χ2n) is 13.4. The van der Waals surface area contributed by atoms with Crippen molar-refractivity contribution in [2.24, 2.45) is 5.92 Å². The summed E-state index contributed by atoms with van der Waals surface area (Å²) in [5.41, 5.74) is 3.34. The fourth-order valence-electron chi connectivity index (χ4n) is 7.68. The molecule has 0 spiro atoms. The minimum atomic E-state index is -1.01. The minimum Gasteiger partial charge on any atom is -0.355 e. The van der Waals surface area contributed by atoms with Gasteiger partial charge in [0.25, 0.3) is 11.8 Å². The Balaban J connectivity index is 1.48. The predicted molar refractivity (Wildman–Crippen MR) is 175 cm³/mol. The van der Waals surface area contributed by atoms with Crippen LogP contribution >= 0.6 is 0 Å². The standard InChI is InChI=1S/C35H42N8O4/c1-19(2)43-34(47)40-33(41-43)35(16-20(3)39-18-30(44)42-26(17-36)14-25-15-29(25)42)27-10-8-23(31(45)37-4)12-21(27)6-7-22-13-24(32(46)38-5)9-11-28(22)35/h8-13,19-20,25-26,29,39H,6-7,14-16,18H2,1-5H3,(H,37,45)(H,38,46)(H,40,41,47)/t20-,25-,26?,29+/m1/s1. The van der Waals surface area contributed by atoms with E-state index in [1.807, 2.05) is 45.0 Å². The number of aromatic nitrogens is 3. The number of hydrogen-bond donors (Lipinski definition) is 4. The molecule has 12 heteroatoms. The Morgan fingerprint density at radius 2 is 1.60 bits per heavy atom. The van der Waals surface area contributed by atoms with Gasteiger partial charge in [-0.25, -0.2) is 9.48 Å². The highest BCUT2D eigenvalue weighted by Crippen LogP contribution is 2.48. The van der Waals surface area contributed by atoms with E-state index in [1.54, 1.807) is 31.1 Å². The molecule has 4 atom stereocenters. The molecule has 47 heavy (non-hydrogen) atoms. The molecular weight excluding hydrogens is 596 g/mol. The highest BCUT2D eigenvalue weighted by Gasteiger charge is 2.54. The van der Waals surface area contributed by atoms with Crippen LogP contribution in [0.15, 0.2) is 41.2 Å². The van der Waals surface area contributed by atoms with Gasteiger partial charge in [0, 0.05) is 37.3 Å². The average Bonchev–Trinajstić information content (AvgIpc) is 3.60. The predicted octanol–water partition coefficient (Wildman–Crippen LogP) is 2.19. The summed E-state index contributed by atoms with van der Waals surface area (Å²) in [6.45, 7) is 5.86. The maximum atomic E-state index is 13.4. The minimum absolute atomic E-state index is 0.0700. The zero-order valence-electron chi connectivity index (χ0n) is 27.5. The van der Waals surface area contributed by atoms with E-state index >= 15 is 0 Å². The van der Waals surface area contributed by atoms with E-state index in [1.165, 1.54) is 4.68 Å². The van der Waals surface area contributed by atoms with Gasteiger partial charge >= 0.3 is 5.69 Å². The molecule has 6 rings (SSSR count). The van der Waals surface area contributed by atoms with Crippen LogP contribution in [0.2, 0.25) is 0 Å². The van der Waals surface area contributed by atoms with E-state index in [0.29, 0.717) is 42.1 Å². The molecule has 2 aliphatic carbocycles. The van der Waals surface area contributed by atoms with Crippen molar-refractivity contribution in [3.63, 3.8) is 0 Å². The van der Waals surface area contributed by atoms with Crippen LogP contribution in [0, 0.1) is 17.2 Å². The lowest BCUT2D eigenvalue weighted by Crippen LogP contribution is -2.46. The maximum absolute atomic E-state index is 13.4. The van der Waals surface area contributed by atoms with Gasteiger partial charge < -0.3 is 20.9 Å². The number of piperidine rings is 1. The SMILES string of the molecule is CNC(=O)c1ccc2c(c1)CCc1cc(C(=O)NC)ccc1C2(C[C@@H](C)NCC(=O)N1C(C#N)C[C@@H]2C[C@@H]21)c1nn(C(C)C)c(=O)[nH]1. The molecule has 1 aliphatic heterocycles. The Morgan fingerprint density at radius 1 is 1.00 bits per heavy atom. The molecule has 0 radical (unpaired) electrons. The summed E-state index contributed by atoms with van der Waals surface area (Å²) in [4.78, 5) is 57.0. The van der Waals surface area contributed by atoms with Gasteiger partial charge in [0.1, 0.15) is 11.9 Å². The van der Waals surface area contributed by atoms with E-state index < -0.39 is 5.41 Å². The third-order valence-electron chi connectivity index (χ3n) is 10.1. The molecule has 3 aromatic rings. The monoisotopic (exact) mass is 638 g/mol. The van der Waals surface area contributed by atoms with E-state index in [-0.39, 0.29) is 54.1 Å². The highest BCUT2D eigenvalue weighted by molar-refractivity contribution is 5.95. The Morgan fingerprint density at radius 3 is 2.11 bits per heavy atom. The fourth-order valence-corrected chi connectivity index (χ4v) is 7.68. The van der Waals surface area contributed by atoms with Crippen molar-refractivity contribution >= 4 is 17.7 Å². The number of H-pyrrole nitrogens is 1. The molecule has 12 nitrogen and oxygen atoms in total. The van der Waals surface area contributed by atoms with E-state index in [4.69, 9.17) is 5.10 Å². The molecule has 246 valence electrons. The van der Waals surface area contributed by atoms with Crippen molar-refractivity contribution in [2.75, 3.05) is 20.6 Å². The number of hydrogen-bond acceptors (Lipinski definition) is 7. The Hall–Kier alpha value is -4.76. The van der Waals surface area contributed by atoms with Crippen molar-refractivity contribution in [3.05, 3.63) is 86.1 Å². The summed E-state index contributed by atoms with van der Waals surface area (Å²) in [5.74, 6) is 0.376. The molecule has 1 aromatic heterocycles. The molecule has 2 heterocycles. The number of aryl methyl sites for hydroxylation is 2. The van der Waals surface area contributed by atoms with Gasteiger partial charge in [-0.2, -0.15) is 10.4 Å². The number of benzene rings is 2. The number of likely N-dealkylation sites (tertiary alicyclic amines) is 1. The normalized spacial score (nSPS) is 21.1. The molecule has 3 aliphatic rings. The summed E-state index contributed by atoms with van der Waals surface area (Å²) in [7, 11) is 3.19. The molecule has 1 unspecified atom stereocenters. The summed E-state index contributed by atoms with van der Waals surface area (Å²) >= 11 is 0. The number of nitrogens with one attached hydrogen (secondary N) is 4. The van der Waals surface area contributed by atoms with Crippen molar-refractivity contribution in [3.8, 4) is 6.07 Å². The first-order chi connectivity index (χ1) is 22.5. The second-order valence-corrected chi connectivity index (χ2v) is 13.4. The summed E-state index contributed by atoms with van der Waals surface area (Å²) in [6.07, 6.45) is 3.28. The lowest BCUT2D eigenvalue weighted by Gasteiger charge is -2.37. The lowest BCUT2D eigenvalue weighted by molar-refractivity contribution is -0.131. The fraction of sp³-hybridized carbons (Fsp3) is 0.486. The first-order valence-electron chi connectivity index (χ1n) is 16.4. The van der Waals surface area contributed by atoms with Gasteiger partial charge in [-0.1, -0.05) is 12.1 Å². The Labute approximate surface area is 273 Å². The van der Waals surface area contributed by atoms with Crippen LogP contribution in [0.3, 0.4) is 0 Å². The molecule has 2 fully saturated rings. The summed E-state index contributed by atoms with van der Waals surface area (Å²) in [5, 5.41) is 23.4. The zero-order valence-corrected chi connectivity index (χ0v) is 27.5. The smallest absolute Gasteiger partial charge is 0.343 e. The van der Waals surface area contributed by atoms with Crippen LogP contribution in [0.1, 0.15) is 94.9 Å². The molecule has 3 amide bonds. The van der Waals surface area contributed by atoms with Gasteiger partial charge in [-0.05, 0) is 105 Å². The number of fused-ring (bicyclic) bond motifs is 3. The maximum Gasteiger partial charge on any atom is 0.343 e. The first kappa shape index (κ1) is 32.2. The Kier molecular flexibility index (Phi) is 8.53. The van der Waals surface area contributed by atoms with Crippen LogP contribution in [-0.2, 0) is 23.1 Å². The van der Waals surface area contributed by atoms with Crippen molar-refractivity contribution < 1.29 is 14.4 Å². The van der Waals surface area contributed by atoms with E-state index in [0.717, 1.165) is 35.1 Å². The van der Waals surface area contributed by atoms with Crippen LogP contribution in [0.25, 0.3) is 0 Å². The van der Waals surface area contributed by atoms with Gasteiger partial charge in [0.05, 0.1) is 24.1 Å². The molecule has 1 saturated heterocycles. The van der Waals surface area contributed by atoms with Crippen molar-refractivity contribution in [1.82, 2.24) is 35.6 Å². The van der Waals surface area contributed by atoms with Gasteiger partial charge in [-0.3, -0.25) is 19.4 Å². The molecule has 4 N–H and O–H groups in total. The molecule has 0 bridgehead atoms. The van der Waals surface area contributed by atoms with Gasteiger partial charge in [0.2, 0.25) is 5.91 Å². The topological polar surface area (TPSA) is 165 Å². The zero-order chi connectivity index (χ0) is 33.6. The summed E-state index contributed by atoms with van der Waals surface area (Å²) in [6, 6.07) is 12.9. The van der Waals surface area contributed by atoms with Crippen LogP contribution in [0.4, 0.5) is 0 Å². The van der Waals surface area contributed by atoms with E-state index in [2.05, 4.69) is 27.0 Å². The number of amides is 3. The number of nitriles is 1. The third kappa shape index (κ3) is 5.63. The molecule has 1 saturated carbocycles. The van der Waals surface area contributed by atoms with Gasteiger partial charge in [-0.15, -0.1) is 0 Å². The van der Waals surface area contributed by atoms with Crippen LogP contribution in [0.5, 0.6) is 0 Å². The third-order valence-corrected chi connectivity index (χ3v) is 10.1. The largest absolute Gasteiger partial charge is 0.355 e. The Bertz CT molecular complexity index is 1770. The van der Waals surface area contributed by atoms with Crippen molar-refractivity contribution in [2.45, 2.75) is 82.5 Å². The molecule has 2 aromatic carbocycles. The summed E-state index contributed by atoms with van der Waals surface area (Å²) < 4.78 is 1.43. The lowest BCUT2D eigenvalue weighted by atomic mass is 9.67. The van der Waals surface area contributed by atoms with Gasteiger partial charge in [0.15, 0.2) is 0 Å². The average molecular weight is 639 g/mol. The number of aromatic amines is 1. The highest BCUT2D eigenvalue weighted by atomic mass is 16.2. The quantitative estimate of drug-likeness (QED) is 0.279. The number of carbonyl (C=O) groups is 3. The first-order valence-corrected chi connectivity index (χ1v) is 16.4. The van der Waals surface area contributed by atoms with Crippen LogP contribution in [-0.4, -0.2) is 76.2 Å². The molecular formula is C35H42N8O4. The van der Waals surface area contributed by atoms with E-state index in [9.17, 15) is 24.4 Å². The number of rotatable bonds is 9. The number of nitrogens with zero attached hydrogens (tertiary/aromatic N) is 4. The van der Waals surface area contributed by atoms with Crippen LogP contribution < -0.4 is 21.6 Å². The number of carbonyl (C=O) groups excluding carboxylic acids is 3.